The van der Waals surface area contributed by atoms with E-state index in [1.165, 1.54) is 0 Å². The van der Waals surface area contributed by atoms with Gasteiger partial charge in [-0.3, -0.25) is 9.78 Å². The number of aryl methyl sites for hydroxylation is 1. The summed E-state index contributed by atoms with van der Waals surface area (Å²) in [6.45, 7) is 4.14. The van der Waals surface area contributed by atoms with Crippen molar-refractivity contribution < 1.29 is 4.79 Å². The molecule has 1 amide bonds. The minimum absolute atomic E-state index is 0.0197. The van der Waals surface area contributed by atoms with Crippen molar-refractivity contribution in [1.29, 1.82) is 0 Å². The first-order valence-corrected chi connectivity index (χ1v) is 7.50. The number of aromatic nitrogens is 4. The molecule has 6 nitrogen and oxygen atoms in total. The van der Waals surface area contributed by atoms with Crippen LogP contribution in [0.3, 0.4) is 0 Å². The van der Waals surface area contributed by atoms with Crippen LogP contribution in [0.15, 0.2) is 43.0 Å². The Labute approximate surface area is 134 Å². The molecule has 0 bridgehead atoms. The van der Waals surface area contributed by atoms with Gasteiger partial charge in [0.25, 0.3) is 0 Å². The fourth-order valence-corrected chi connectivity index (χ4v) is 2.50. The van der Waals surface area contributed by atoms with Gasteiger partial charge in [-0.1, -0.05) is 6.07 Å². The standard InChI is InChI=1S/C17H19N5O/c1-12-7-15-10-20-22(17(15)19-8-12)11-16(23)21(3)13(2)14-5-4-6-18-9-14/h4-10,13H,11H2,1-3H3. The van der Waals surface area contributed by atoms with Crippen molar-refractivity contribution in [3.05, 3.63) is 54.1 Å². The van der Waals surface area contributed by atoms with Crippen molar-refractivity contribution in [2.45, 2.75) is 26.4 Å². The summed E-state index contributed by atoms with van der Waals surface area (Å²) in [7, 11) is 1.79. The molecule has 0 saturated heterocycles. The van der Waals surface area contributed by atoms with Crippen LogP contribution in [0.25, 0.3) is 11.0 Å². The number of amides is 1. The number of hydrogen-bond donors (Lipinski definition) is 0. The number of hydrogen-bond acceptors (Lipinski definition) is 4. The molecule has 3 heterocycles. The molecule has 3 rings (SSSR count). The Hall–Kier alpha value is -2.76. The Kier molecular flexibility index (Phi) is 4.06. The van der Waals surface area contributed by atoms with Crippen LogP contribution < -0.4 is 0 Å². The lowest BCUT2D eigenvalue weighted by Crippen LogP contribution is -2.33. The summed E-state index contributed by atoms with van der Waals surface area (Å²) < 4.78 is 1.64. The van der Waals surface area contributed by atoms with E-state index in [0.717, 1.165) is 22.2 Å². The fourth-order valence-electron chi connectivity index (χ4n) is 2.50. The number of carbonyl (C=O) groups excluding carboxylic acids is 1. The molecule has 0 fully saturated rings. The highest BCUT2D eigenvalue weighted by Crippen LogP contribution is 2.18. The average Bonchev–Trinajstić information content (AvgIpc) is 2.96. The van der Waals surface area contributed by atoms with E-state index in [4.69, 9.17) is 0 Å². The van der Waals surface area contributed by atoms with Gasteiger partial charge in [0.2, 0.25) is 5.91 Å². The van der Waals surface area contributed by atoms with Crippen LogP contribution in [0, 0.1) is 6.92 Å². The molecule has 0 saturated carbocycles. The molecular formula is C17H19N5O. The van der Waals surface area contributed by atoms with E-state index in [9.17, 15) is 4.79 Å². The van der Waals surface area contributed by atoms with Gasteiger partial charge in [0.1, 0.15) is 6.54 Å². The number of carbonyl (C=O) groups is 1. The van der Waals surface area contributed by atoms with Crippen LogP contribution in [-0.2, 0) is 11.3 Å². The van der Waals surface area contributed by atoms with Gasteiger partial charge in [-0.15, -0.1) is 0 Å². The molecular weight excluding hydrogens is 290 g/mol. The molecule has 6 heteroatoms. The molecule has 0 N–H and O–H groups in total. The molecule has 0 aromatic carbocycles. The summed E-state index contributed by atoms with van der Waals surface area (Å²) in [5, 5.41) is 5.23. The molecule has 118 valence electrons. The number of pyridine rings is 2. The summed E-state index contributed by atoms with van der Waals surface area (Å²) in [4.78, 5) is 22.7. The van der Waals surface area contributed by atoms with E-state index in [0.29, 0.717) is 0 Å². The first-order chi connectivity index (χ1) is 11.1. The summed E-state index contributed by atoms with van der Waals surface area (Å²) in [6, 6.07) is 5.80. The predicted octanol–water partition coefficient (Wildman–Crippen LogP) is 2.35. The Morgan fingerprint density at radius 2 is 2.17 bits per heavy atom. The SMILES string of the molecule is Cc1cnc2c(cnn2CC(=O)N(C)C(C)c2cccnc2)c1. The van der Waals surface area contributed by atoms with E-state index in [1.54, 1.807) is 41.4 Å². The predicted molar refractivity (Wildman–Crippen MR) is 87.7 cm³/mol. The minimum Gasteiger partial charge on any atom is -0.337 e. The van der Waals surface area contributed by atoms with Crippen molar-refractivity contribution in [2.75, 3.05) is 7.05 Å². The highest BCUT2D eigenvalue weighted by atomic mass is 16.2. The van der Waals surface area contributed by atoms with Gasteiger partial charge in [-0.2, -0.15) is 5.10 Å². The molecule has 23 heavy (non-hydrogen) atoms. The van der Waals surface area contributed by atoms with Crippen molar-refractivity contribution in [3.63, 3.8) is 0 Å². The van der Waals surface area contributed by atoms with Crippen LogP contribution >= 0.6 is 0 Å². The van der Waals surface area contributed by atoms with E-state index in [-0.39, 0.29) is 18.5 Å². The van der Waals surface area contributed by atoms with Gasteiger partial charge in [0.05, 0.1) is 12.2 Å². The van der Waals surface area contributed by atoms with Gasteiger partial charge in [0, 0.05) is 31.0 Å². The number of nitrogens with zero attached hydrogens (tertiary/aromatic N) is 5. The molecule has 1 unspecified atom stereocenters. The highest BCUT2D eigenvalue weighted by molar-refractivity contribution is 5.80. The fraction of sp³-hybridized carbons (Fsp3) is 0.294. The van der Waals surface area contributed by atoms with Crippen LogP contribution in [0.4, 0.5) is 0 Å². The summed E-state index contributed by atoms with van der Waals surface area (Å²) >= 11 is 0. The first kappa shape index (κ1) is 15.1. The second-order valence-electron chi connectivity index (χ2n) is 5.69. The monoisotopic (exact) mass is 309 g/mol. The van der Waals surface area contributed by atoms with Crippen molar-refractivity contribution >= 4 is 16.9 Å². The minimum atomic E-state index is -0.0479. The topological polar surface area (TPSA) is 63.9 Å². The maximum Gasteiger partial charge on any atom is 0.244 e. The van der Waals surface area contributed by atoms with Gasteiger partial charge in [-0.25, -0.2) is 9.67 Å². The molecule has 0 radical (unpaired) electrons. The summed E-state index contributed by atoms with van der Waals surface area (Å²) in [6.07, 6.45) is 7.03. The third kappa shape index (κ3) is 3.06. The van der Waals surface area contributed by atoms with Crippen molar-refractivity contribution in [3.8, 4) is 0 Å². The Balaban J connectivity index is 1.77. The van der Waals surface area contributed by atoms with Crippen LogP contribution in [0.5, 0.6) is 0 Å². The van der Waals surface area contributed by atoms with E-state index < -0.39 is 0 Å². The zero-order valence-corrected chi connectivity index (χ0v) is 13.5. The lowest BCUT2D eigenvalue weighted by atomic mass is 10.1. The Morgan fingerprint density at radius 3 is 2.91 bits per heavy atom. The second kappa shape index (κ2) is 6.16. The van der Waals surface area contributed by atoms with Gasteiger partial charge in [0.15, 0.2) is 5.65 Å². The van der Waals surface area contributed by atoms with Crippen molar-refractivity contribution in [1.82, 2.24) is 24.6 Å². The smallest absolute Gasteiger partial charge is 0.244 e. The Morgan fingerprint density at radius 1 is 1.35 bits per heavy atom. The van der Waals surface area contributed by atoms with Gasteiger partial charge < -0.3 is 4.90 Å². The lowest BCUT2D eigenvalue weighted by Gasteiger charge is -2.25. The van der Waals surface area contributed by atoms with Crippen LogP contribution in [0.2, 0.25) is 0 Å². The van der Waals surface area contributed by atoms with Crippen LogP contribution in [0.1, 0.15) is 24.1 Å². The maximum absolute atomic E-state index is 12.6. The number of fused-ring (bicyclic) bond motifs is 1. The van der Waals surface area contributed by atoms with Gasteiger partial charge >= 0.3 is 0 Å². The van der Waals surface area contributed by atoms with Gasteiger partial charge in [-0.05, 0) is 37.1 Å². The van der Waals surface area contributed by atoms with E-state index >= 15 is 0 Å². The van der Waals surface area contributed by atoms with E-state index in [1.807, 2.05) is 32.0 Å². The summed E-state index contributed by atoms with van der Waals surface area (Å²) in [5.74, 6) is -0.0197. The average molecular weight is 309 g/mol. The maximum atomic E-state index is 12.6. The molecule has 3 aromatic rings. The Bertz CT molecular complexity index is 827. The zero-order valence-electron chi connectivity index (χ0n) is 13.5. The largest absolute Gasteiger partial charge is 0.337 e. The normalized spacial score (nSPS) is 12.3. The zero-order chi connectivity index (χ0) is 16.4. The molecule has 0 aliphatic carbocycles. The molecule has 0 aliphatic heterocycles. The lowest BCUT2D eigenvalue weighted by molar-refractivity contribution is -0.132. The molecule has 3 aromatic heterocycles. The summed E-state index contributed by atoms with van der Waals surface area (Å²) in [5.41, 5.74) is 2.81. The third-order valence-corrected chi connectivity index (χ3v) is 4.04. The highest BCUT2D eigenvalue weighted by Gasteiger charge is 2.19. The molecule has 1 atom stereocenters. The van der Waals surface area contributed by atoms with Crippen molar-refractivity contribution in [2.24, 2.45) is 0 Å². The first-order valence-electron chi connectivity index (χ1n) is 7.50. The second-order valence-corrected chi connectivity index (χ2v) is 5.69. The van der Waals surface area contributed by atoms with E-state index in [2.05, 4.69) is 15.1 Å². The number of rotatable bonds is 4. The third-order valence-electron chi connectivity index (χ3n) is 4.04. The number of likely N-dealkylation sites (N-methyl/N-ethyl adjacent to an activating group) is 1. The molecule has 0 aliphatic rings. The quantitative estimate of drug-likeness (QED) is 0.742. The molecule has 0 spiro atoms. The van der Waals surface area contributed by atoms with Crippen LogP contribution in [-0.4, -0.2) is 37.6 Å².